The van der Waals surface area contributed by atoms with Crippen LogP contribution in [0.5, 0.6) is 0 Å². The highest BCUT2D eigenvalue weighted by atomic mass is 16.1. The molecule has 0 aliphatic heterocycles. The van der Waals surface area contributed by atoms with Crippen LogP contribution in [0.2, 0.25) is 0 Å². The highest BCUT2D eigenvalue weighted by Crippen LogP contribution is 2.42. The Kier molecular flexibility index (Phi) is 4.35. The minimum Gasteiger partial charge on any atom is -0.382 e. The fourth-order valence-corrected chi connectivity index (χ4v) is 3.53. The van der Waals surface area contributed by atoms with Crippen LogP contribution in [-0.2, 0) is 0 Å². The van der Waals surface area contributed by atoms with E-state index in [1.165, 1.54) is 32.1 Å². The van der Waals surface area contributed by atoms with Crippen molar-refractivity contribution in [1.82, 2.24) is 15.5 Å². The van der Waals surface area contributed by atoms with E-state index in [0.29, 0.717) is 11.5 Å². The van der Waals surface area contributed by atoms with E-state index in [1.54, 1.807) is 0 Å². The number of hydrogen-bond donors (Lipinski definition) is 3. The molecule has 1 aromatic heterocycles. The molecule has 1 aliphatic rings. The topological polar surface area (TPSA) is 83.8 Å². The highest BCUT2D eigenvalue weighted by molar-refractivity contribution is 5.99. The predicted octanol–water partition coefficient (Wildman–Crippen LogP) is 2.64. The molecule has 1 heterocycles. The molecule has 0 saturated heterocycles. The summed E-state index contributed by atoms with van der Waals surface area (Å²) in [5.41, 5.74) is 7.23. The second kappa shape index (κ2) is 5.85. The summed E-state index contributed by atoms with van der Waals surface area (Å²) in [6.45, 7) is 7.06. The molecular weight excluding hydrogens is 252 g/mol. The zero-order valence-electron chi connectivity index (χ0n) is 12.8. The number of nitrogens with one attached hydrogen (secondary N) is 2. The molecule has 1 aromatic rings. The van der Waals surface area contributed by atoms with E-state index in [1.807, 2.05) is 6.92 Å². The van der Waals surface area contributed by atoms with Crippen LogP contribution < -0.4 is 11.1 Å². The van der Waals surface area contributed by atoms with Crippen LogP contribution in [0.1, 0.15) is 62.0 Å². The maximum atomic E-state index is 12.3. The molecule has 4 N–H and O–H groups in total. The third-order valence-corrected chi connectivity index (χ3v) is 4.33. The van der Waals surface area contributed by atoms with E-state index in [-0.39, 0.29) is 17.1 Å². The van der Waals surface area contributed by atoms with Gasteiger partial charge < -0.3 is 11.1 Å². The van der Waals surface area contributed by atoms with Gasteiger partial charge in [-0.2, -0.15) is 5.10 Å². The fourth-order valence-electron chi connectivity index (χ4n) is 3.53. The molecule has 0 atom stereocenters. The number of carbonyl (C=O) groups is 1. The van der Waals surface area contributed by atoms with Crippen LogP contribution in [0.3, 0.4) is 0 Å². The van der Waals surface area contributed by atoms with E-state index in [0.717, 1.165) is 12.2 Å². The summed E-state index contributed by atoms with van der Waals surface area (Å²) >= 11 is 0. The van der Waals surface area contributed by atoms with Gasteiger partial charge in [0.05, 0.1) is 0 Å². The Bertz CT molecular complexity index is 453. The van der Waals surface area contributed by atoms with E-state index < -0.39 is 0 Å². The number of aromatic amines is 1. The average molecular weight is 278 g/mol. The number of H-pyrrole nitrogens is 1. The molecule has 5 heteroatoms. The van der Waals surface area contributed by atoms with Gasteiger partial charge in [0.1, 0.15) is 5.56 Å². The summed E-state index contributed by atoms with van der Waals surface area (Å²) in [4.78, 5) is 12.3. The number of hydrogen-bond acceptors (Lipinski definition) is 3. The van der Waals surface area contributed by atoms with Crippen molar-refractivity contribution in [2.24, 2.45) is 11.3 Å². The zero-order valence-corrected chi connectivity index (χ0v) is 12.8. The standard InChI is InChI=1S/C15H26N4O/c1-10(2)8-15(6-4-5-7-15)9-17-14(20)12-11(3)18-19-13(12)16/h10H,4-9H2,1-3H3,(H,17,20)(H3,16,18,19). The smallest absolute Gasteiger partial charge is 0.256 e. The third kappa shape index (κ3) is 3.14. The molecule has 0 unspecified atom stereocenters. The SMILES string of the molecule is Cc1[nH]nc(N)c1C(=O)NCC1(CC(C)C)CCCC1. The summed E-state index contributed by atoms with van der Waals surface area (Å²) in [6, 6.07) is 0. The first-order valence-electron chi connectivity index (χ1n) is 7.52. The molecule has 20 heavy (non-hydrogen) atoms. The van der Waals surface area contributed by atoms with Crippen molar-refractivity contribution in [2.45, 2.75) is 52.9 Å². The predicted molar refractivity (Wildman–Crippen MR) is 80.4 cm³/mol. The van der Waals surface area contributed by atoms with Crippen molar-refractivity contribution < 1.29 is 4.79 Å². The van der Waals surface area contributed by atoms with Gasteiger partial charge >= 0.3 is 0 Å². The van der Waals surface area contributed by atoms with Gasteiger partial charge in [-0.3, -0.25) is 9.89 Å². The summed E-state index contributed by atoms with van der Waals surface area (Å²) < 4.78 is 0. The first-order chi connectivity index (χ1) is 9.43. The molecule has 0 spiro atoms. The molecule has 112 valence electrons. The molecule has 1 amide bonds. The minimum atomic E-state index is -0.108. The Morgan fingerprint density at radius 3 is 2.60 bits per heavy atom. The number of aryl methyl sites for hydroxylation is 1. The summed E-state index contributed by atoms with van der Waals surface area (Å²) in [7, 11) is 0. The van der Waals surface area contributed by atoms with Gasteiger partial charge in [0, 0.05) is 12.2 Å². The molecule has 0 bridgehead atoms. The quantitative estimate of drug-likeness (QED) is 0.774. The number of aromatic nitrogens is 2. The minimum absolute atomic E-state index is 0.108. The second-order valence-electron chi connectivity index (χ2n) is 6.60. The van der Waals surface area contributed by atoms with Gasteiger partial charge in [-0.1, -0.05) is 26.7 Å². The zero-order chi connectivity index (χ0) is 14.8. The monoisotopic (exact) mass is 278 g/mol. The summed E-state index contributed by atoms with van der Waals surface area (Å²) in [5.74, 6) is 0.832. The normalized spacial score (nSPS) is 17.6. The van der Waals surface area contributed by atoms with Crippen LogP contribution in [0.4, 0.5) is 5.82 Å². The second-order valence-corrected chi connectivity index (χ2v) is 6.60. The molecular formula is C15H26N4O. The van der Waals surface area contributed by atoms with Gasteiger partial charge in [0.25, 0.3) is 5.91 Å². The van der Waals surface area contributed by atoms with Crippen LogP contribution in [0, 0.1) is 18.3 Å². The molecule has 0 radical (unpaired) electrons. The Morgan fingerprint density at radius 2 is 2.10 bits per heavy atom. The van der Waals surface area contributed by atoms with E-state index in [9.17, 15) is 4.79 Å². The average Bonchev–Trinajstić information content (AvgIpc) is 2.94. The van der Waals surface area contributed by atoms with E-state index >= 15 is 0 Å². The summed E-state index contributed by atoms with van der Waals surface area (Å²) in [5, 5.41) is 9.70. The highest BCUT2D eigenvalue weighted by Gasteiger charge is 2.35. The first-order valence-corrected chi connectivity index (χ1v) is 7.52. The molecule has 1 fully saturated rings. The Morgan fingerprint density at radius 1 is 1.45 bits per heavy atom. The lowest BCUT2D eigenvalue weighted by atomic mass is 9.78. The first kappa shape index (κ1) is 14.9. The van der Waals surface area contributed by atoms with Crippen molar-refractivity contribution in [3.05, 3.63) is 11.3 Å². The molecule has 2 rings (SSSR count). The van der Waals surface area contributed by atoms with Crippen molar-refractivity contribution in [1.29, 1.82) is 0 Å². The number of carbonyl (C=O) groups excluding carboxylic acids is 1. The fraction of sp³-hybridized carbons (Fsp3) is 0.733. The number of nitrogen functional groups attached to an aromatic ring is 1. The van der Waals surface area contributed by atoms with Gasteiger partial charge in [-0.15, -0.1) is 0 Å². The van der Waals surface area contributed by atoms with Crippen molar-refractivity contribution >= 4 is 11.7 Å². The van der Waals surface area contributed by atoms with Crippen LogP contribution >= 0.6 is 0 Å². The van der Waals surface area contributed by atoms with E-state index in [4.69, 9.17) is 5.73 Å². The van der Waals surface area contributed by atoms with Crippen molar-refractivity contribution in [3.63, 3.8) is 0 Å². The van der Waals surface area contributed by atoms with Gasteiger partial charge in [-0.05, 0) is 37.5 Å². The van der Waals surface area contributed by atoms with Crippen LogP contribution in [0.15, 0.2) is 0 Å². The lowest BCUT2D eigenvalue weighted by Gasteiger charge is -2.31. The largest absolute Gasteiger partial charge is 0.382 e. The summed E-state index contributed by atoms with van der Waals surface area (Å²) in [6.07, 6.45) is 6.15. The van der Waals surface area contributed by atoms with Crippen LogP contribution in [0.25, 0.3) is 0 Å². The number of nitrogens with zero attached hydrogens (tertiary/aromatic N) is 1. The Labute approximate surface area is 120 Å². The van der Waals surface area contributed by atoms with Gasteiger partial charge in [-0.25, -0.2) is 0 Å². The maximum Gasteiger partial charge on any atom is 0.256 e. The number of rotatable bonds is 5. The Balaban J connectivity index is 2.01. The van der Waals surface area contributed by atoms with E-state index in [2.05, 4.69) is 29.4 Å². The Hall–Kier alpha value is -1.52. The van der Waals surface area contributed by atoms with Crippen LogP contribution in [-0.4, -0.2) is 22.6 Å². The number of amides is 1. The molecule has 0 aromatic carbocycles. The van der Waals surface area contributed by atoms with Crippen molar-refractivity contribution in [3.8, 4) is 0 Å². The lowest BCUT2D eigenvalue weighted by Crippen LogP contribution is -2.37. The van der Waals surface area contributed by atoms with Crippen molar-refractivity contribution in [2.75, 3.05) is 12.3 Å². The molecule has 1 saturated carbocycles. The third-order valence-electron chi connectivity index (χ3n) is 4.33. The molecule has 1 aliphatic carbocycles. The number of nitrogens with two attached hydrogens (primary N) is 1. The van der Waals surface area contributed by atoms with Gasteiger partial charge in [0.2, 0.25) is 0 Å². The maximum absolute atomic E-state index is 12.3. The lowest BCUT2D eigenvalue weighted by molar-refractivity contribution is 0.0922. The van der Waals surface area contributed by atoms with Gasteiger partial charge in [0.15, 0.2) is 5.82 Å². The molecule has 5 nitrogen and oxygen atoms in total. The number of anilines is 1.